The van der Waals surface area contributed by atoms with Gasteiger partial charge in [0.05, 0.1) is 13.2 Å². The molecule has 0 spiro atoms. The number of aliphatic hydroxyl groups is 10. The van der Waals surface area contributed by atoms with E-state index in [0.29, 0.717) is 19.3 Å². The Balaban J connectivity index is 1.72. The molecule has 3 rings (SSSR count). The number of phosphoric ester groups is 1. The highest BCUT2D eigenvalue weighted by atomic mass is 31.2. The molecule has 0 amide bonds. The Morgan fingerprint density at radius 2 is 0.660 bits per heavy atom. The molecule has 0 radical (unpaired) electrons. The van der Waals surface area contributed by atoms with Crippen molar-refractivity contribution >= 4 is 25.7 Å². The van der Waals surface area contributed by atoms with Crippen LogP contribution < -0.4 is 0 Å². The summed E-state index contributed by atoms with van der Waals surface area (Å²) in [6.07, 6.45) is 11.7. The van der Waals surface area contributed by atoms with Crippen molar-refractivity contribution in [3.8, 4) is 0 Å². The summed E-state index contributed by atoms with van der Waals surface area (Å²) < 4.78 is 65.0. The van der Waals surface area contributed by atoms with Crippen molar-refractivity contribution in [1.29, 1.82) is 0 Å². The molecule has 572 valence electrons. The lowest BCUT2D eigenvalue weighted by molar-refractivity contribution is -0.360. The Labute approximate surface area is 580 Å². The number of hydrogen-bond donors (Lipinski definition) is 11. The molecule has 3 fully saturated rings. The van der Waals surface area contributed by atoms with E-state index in [1.165, 1.54) is 161 Å². The number of rotatable bonds is 60. The van der Waals surface area contributed by atoms with E-state index in [2.05, 4.69) is 20.8 Å². The lowest BCUT2D eigenvalue weighted by atomic mass is 9.84. The average Bonchev–Trinajstić information content (AvgIpc) is 0.763. The number of esters is 3. The van der Waals surface area contributed by atoms with Gasteiger partial charge in [0.1, 0.15) is 98.7 Å². The smallest absolute Gasteiger partial charge is 0.463 e. The summed E-state index contributed by atoms with van der Waals surface area (Å²) in [6.45, 7) is 3.47. The zero-order chi connectivity index (χ0) is 71.1. The van der Waals surface area contributed by atoms with Crippen LogP contribution in [0.2, 0.25) is 0 Å². The Morgan fingerprint density at radius 3 is 1.01 bits per heavy atom. The first-order valence-electron chi connectivity index (χ1n) is 38.3. The SMILES string of the molecule is CCCCCCCCCCCCCCCCCCC(=O)OCC(COP(=O)(O)OC1C(OC2OC(CO)C(O)C(O)C2O)C(O)C(O)C(O)C1OC1OC(COC(=O)CCCCCCCCCCCCCCCC)C(O)C(O)C1O)OC(=O)CCCCCCCCCCCCCC. The monoisotopic (exact) mass is 1410 g/mol. The molecule has 18 unspecified atom stereocenters. The number of aliphatic hydroxyl groups excluding tert-OH is 10. The van der Waals surface area contributed by atoms with E-state index in [0.717, 1.165) is 89.9 Å². The maximum absolute atomic E-state index is 14.3. The van der Waals surface area contributed by atoms with Crippen LogP contribution in [0.5, 0.6) is 0 Å². The number of hydrogen-bond acceptors (Lipinski definition) is 23. The van der Waals surface area contributed by atoms with Crippen molar-refractivity contribution in [2.45, 2.75) is 414 Å². The zero-order valence-electron chi connectivity index (χ0n) is 59.6. The van der Waals surface area contributed by atoms with Gasteiger partial charge in [0.2, 0.25) is 0 Å². The van der Waals surface area contributed by atoms with Crippen LogP contribution in [-0.2, 0) is 61.2 Å². The summed E-state index contributed by atoms with van der Waals surface area (Å²) in [5.41, 5.74) is 0. The van der Waals surface area contributed by atoms with Gasteiger partial charge >= 0.3 is 25.7 Å². The molecule has 0 aromatic carbocycles. The fourth-order valence-corrected chi connectivity index (χ4v) is 13.8. The Hall–Kier alpha value is -2.04. The zero-order valence-corrected chi connectivity index (χ0v) is 60.5. The van der Waals surface area contributed by atoms with Gasteiger partial charge in [0.25, 0.3) is 0 Å². The molecule has 25 heteroatoms. The van der Waals surface area contributed by atoms with Crippen molar-refractivity contribution in [1.82, 2.24) is 0 Å². The molecule has 1 aliphatic carbocycles. The number of carbonyl (C=O) groups is 3. The Morgan fingerprint density at radius 1 is 0.361 bits per heavy atom. The first kappa shape index (κ1) is 89.2. The van der Waals surface area contributed by atoms with Crippen molar-refractivity contribution in [3.63, 3.8) is 0 Å². The quantitative estimate of drug-likeness (QED) is 0.0117. The van der Waals surface area contributed by atoms with Crippen LogP contribution in [0.1, 0.15) is 310 Å². The first-order chi connectivity index (χ1) is 46.8. The highest BCUT2D eigenvalue weighted by Crippen LogP contribution is 2.49. The van der Waals surface area contributed by atoms with Crippen LogP contribution in [0.25, 0.3) is 0 Å². The van der Waals surface area contributed by atoms with Gasteiger partial charge in [-0.2, -0.15) is 0 Å². The molecule has 0 aromatic heterocycles. The minimum Gasteiger partial charge on any atom is -0.463 e. The van der Waals surface area contributed by atoms with E-state index in [9.17, 15) is 74.9 Å². The molecule has 2 saturated heterocycles. The molecule has 1 saturated carbocycles. The van der Waals surface area contributed by atoms with Gasteiger partial charge < -0.3 is 89.1 Å². The lowest BCUT2D eigenvalue weighted by Crippen LogP contribution is -2.69. The standard InChI is InChI=1S/C72H135O24P/c1-4-7-10-13-16-19-22-25-27-28-30-33-34-37-40-43-46-56(74)88-50-53(91-58(76)48-45-42-39-36-31-24-21-18-15-12-9-6-3)51-90-97(86,87)96-70-68(94-71-66(84)61(79)59(77)54(49-73)92-71)64(82)63(81)65(83)69(70)95-72-67(85)62(80)60(78)55(93-72)52-89-57(75)47-44-41-38-35-32-29-26-23-20-17-14-11-8-5-2/h53-55,59-73,77-85H,4-52H2,1-3H3,(H,86,87). The number of ether oxygens (including phenoxy) is 7. The number of carbonyl (C=O) groups excluding carboxylic acids is 3. The fourth-order valence-electron chi connectivity index (χ4n) is 12.9. The van der Waals surface area contributed by atoms with E-state index >= 15 is 0 Å². The van der Waals surface area contributed by atoms with Crippen LogP contribution in [0.15, 0.2) is 0 Å². The van der Waals surface area contributed by atoms with Crippen LogP contribution in [0, 0.1) is 0 Å². The molecule has 2 heterocycles. The van der Waals surface area contributed by atoms with E-state index in [1.807, 2.05) is 0 Å². The van der Waals surface area contributed by atoms with E-state index in [1.54, 1.807) is 0 Å². The predicted octanol–water partition coefficient (Wildman–Crippen LogP) is 10.6. The molecule has 97 heavy (non-hydrogen) atoms. The first-order valence-corrected chi connectivity index (χ1v) is 39.8. The van der Waals surface area contributed by atoms with Gasteiger partial charge in [-0.1, -0.05) is 271 Å². The second-order valence-corrected chi connectivity index (χ2v) is 29.1. The maximum Gasteiger partial charge on any atom is 0.472 e. The topological polar surface area (TPSA) is 374 Å². The van der Waals surface area contributed by atoms with Crippen LogP contribution in [0.4, 0.5) is 0 Å². The molecule has 11 N–H and O–H groups in total. The minimum absolute atomic E-state index is 0.0336. The summed E-state index contributed by atoms with van der Waals surface area (Å²) in [5.74, 6) is -1.97. The molecule has 2 aliphatic heterocycles. The minimum atomic E-state index is -5.69. The third-order valence-electron chi connectivity index (χ3n) is 19.1. The molecular formula is C72H135O24P. The van der Waals surface area contributed by atoms with Gasteiger partial charge in [-0.25, -0.2) is 4.57 Å². The highest BCUT2D eigenvalue weighted by molar-refractivity contribution is 7.47. The molecule has 3 aliphatic rings. The van der Waals surface area contributed by atoms with Gasteiger partial charge in [-0.3, -0.25) is 23.4 Å². The number of unbranched alkanes of at least 4 members (excludes halogenated alkanes) is 39. The van der Waals surface area contributed by atoms with E-state index < -0.39 is 156 Å². The van der Waals surface area contributed by atoms with E-state index in [-0.39, 0.29) is 19.3 Å². The normalized spacial score (nSPS) is 27.7. The van der Waals surface area contributed by atoms with Crippen molar-refractivity contribution in [2.24, 2.45) is 0 Å². The molecule has 18 atom stereocenters. The largest absolute Gasteiger partial charge is 0.472 e. The Bertz CT molecular complexity index is 2010. The summed E-state index contributed by atoms with van der Waals surface area (Å²) in [6, 6.07) is 0. The third-order valence-corrected chi connectivity index (χ3v) is 20.1. The van der Waals surface area contributed by atoms with Gasteiger partial charge in [0.15, 0.2) is 18.7 Å². The Kier molecular flexibility index (Phi) is 50.2. The second kappa shape index (κ2) is 54.6. The fraction of sp³-hybridized carbons (Fsp3) is 0.958. The molecular weight excluding hydrogens is 1280 g/mol. The van der Waals surface area contributed by atoms with Crippen LogP contribution in [-0.4, -0.2) is 204 Å². The highest BCUT2D eigenvalue weighted by Gasteiger charge is 2.58. The van der Waals surface area contributed by atoms with Gasteiger partial charge in [-0.05, 0) is 19.3 Å². The average molecular weight is 1420 g/mol. The van der Waals surface area contributed by atoms with Crippen molar-refractivity contribution < 1.29 is 117 Å². The predicted molar refractivity (Wildman–Crippen MR) is 365 cm³/mol. The van der Waals surface area contributed by atoms with Crippen LogP contribution >= 0.6 is 7.82 Å². The van der Waals surface area contributed by atoms with Crippen molar-refractivity contribution in [3.05, 3.63) is 0 Å². The van der Waals surface area contributed by atoms with E-state index in [4.69, 9.17) is 42.2 Å². The second-order valence-electron chi connectivity index (χ2n) is 27.7. The van der Waals surface area contributed by atoms with Gasteiger partial charge in [-0.15, -0.1) is 0 Å². The maximum atomic E-state index is 14.3. The molecule has 24 nitrogen and oxygen atoms in total. The summed E-state index contributed by atoms with van der Waals surface area (Å²) in [4.78, 5) is 51.0. The molecule has 0 aromatic rings. The third kappa shape index (κ3) is 37.8. The summed E-state index contributed by atoms with van der Waals surface area (Å²) in [7, 11) is -5.69. The van der Waals surface area contributed by atoms with Crippen LogP contribution in [0.3, 0.4) is 0 Å². The molecule has 0 bridgehead atoms. The summed E-state index contributed by atoms with van der Waals surface area (Å²) >= 11 is 0. The van der Waals surface area contributed by atoms with Gasteiger partial charge in [0, 0.05) is 19.3 Å². The summed E-state index contributed by atoms with van der Waals surface area (Å²) in [5, 5.41) is 110. The van der Waals surface area contributed by atoms with Crippen molar-refractivity contribution in [2.75, 3.05) is 26.4 Å². The number of phosphoric acid groups is 1. The lowest BCUT2D eigenvalue weighted by Gasteiger charge is -2.49.